The SMILES string of the molecule is CCCCc1cccc(S(N)(=O)=O)c1N. The number of unbranched alkanes of at least 4 members (excludes halogenated alkanes) is 1. The molecule has 0 fully saturated rings. The second-order valence-electron chi connectivity index (χ2n) is 3.48. The molecular weight excluding hydrogens is 212 g/mol. The molecule has 0 aliphatic rings. The quantitative estimate of drug-likeness (QED) is 0.760. The molecule has 84 valence electrons. The van der Waals surface area contributed by atoms with E-state index in [1.807, 2.05) is 6.07 Å². The van der Waals surface area contributed by atoms with E-state index in [0.717, 1.165) is 24.8 Å². The number of hydrogen-bond acceptors (Lipinski definition) is 3. The lowest BCUT2D eigenvalue weighted by atomic mass is 10.1. The molecule has 4 N–H and O–H groups in total. The third-order valence-electron chi connectivity index (χ3n) is 2.26. The molecule has 0 saturated heterocycles. The molecule has 0 unspecified atom stereocenters. The highest BCUT2D eigenvalue weighted by atomic mass is 32.2. The molecule has 5 heteroatoms. The fourth-order valence-electron chi connectivity index (χ4n) is 1.42. The molecule has 0 saturated carbocycles. The van der Waals surface area contributed by atoms with E-state index in [2.05, 4.69) is 6.92 Å². The van der Waals surface area contributed by atoms with Crippen LogP contribution in [0.3, 0.4) is 0 Å². The smallest absolute Gasteiger partial charge is 0.240 e. The van der Waals surface area contributed by atoms with E-state index in [9.17, 15) is 8.42 Å². The number of para-hydroxylation sites is 1. The van der Waals surface area contributed by atoms with Crippen LogP contribution in [0.15, 0.2) is 23.1 Å². The fourth-order valence-corrected chi connectivity index (χ4v) is 2.13. The summed E-state index contributed by atoms with van der Waals surface area (Å²) in [5.41, 5.74) is 6.89. The molecule has 0 radical (unpaired) electrons. The van der Waals surface area contributed by atoms with Crippen LogP contribution in [0, 0.1) is 0 Å². The Morgan fingerprint density at radius 1 is 1.33 bits per heavy atom. The minimum Gasteiger partial charge on any atom is -0.397 e. The van der Waals surface area contributed by atoms with Gasteiger partial charge >= 0.3 is 0 Å². The van der Waals surface area contributed by atoms with Crippen LogP contribution in [0.25, 0.3) is 0 Å². The molecule has 1 aromatic rings. The van der Waals surface area contributed by atoms with Gasteiger partial charge in [-0.2, -0.15) is 0 Å². The van der Waals surface area contributed by atoms with Crippen molar-refractivity contribution in [3.05, 3.63) is 23.8 Å². The first-order chi connectivity index (χ1) is 6.96. The topological polar surface area (TPSA) is 86.2 Å². The largest absolute Gasteiger partial charge is 0.397 e. The highest BCUT2D eigenvalue weighted by Gasteiger charge is 2.13. The van der Waals surface area contributed by atoms with Crippen molar-refractivity contribution in [2.75, 3.05) is 5.73 Å². The molecule has 4 nitrogen and oxygen atoms in total. The average molecular weight is 228 g/mol. The summed E-state index contributed by atoms with van der Waals surface area (Å²) in [6, 6.07) is 4.93. The average Bonchev–Trinajstić information content (AvgIpc) is 2.14. The first-order valence-corrected chi connectivity index (χ1v) is 6.41. The van der Waals surface area contributed by atoms with Gasteiger partial charge in [0.2, 0.25) is 10.0 Å². The summed E-state index contributed by atoms with van der Waals surface area (Å²) < 4.78 is 22.4. The molecule has 0 bridgehead atoms. The van der Waals surface area contributed by atoms with Crippen LogP contribution in [0.5, 0.6) is 0 Å². The van der Waals surface area contributed by atoms with Crippen molar-refractivity contribution in [1.82, 2.24) is 0 Å². The van der Waals surface area contributed by atoms with E-state index in [4.69, 9.17) is 10.9 Å². The number of aryl methyl sites for hydroxylation is 1. The van der Waals surface area contributed by atoms with Gasteiger partial charge in [0.1, 0.15) is 4.90 Å². The maximum Gasteiger partial charge on any atom is 0.240 e. The summed E-state index contributed by atoms with van der Waals surface area (Å²) in [7, 11) is -3.71. The number of sulfonamides is 1. The monoisotopic (exact) mass is 228 g/mol. The van der Waals surface area contributed by atoms with Gasteiger partial charge in [0.25, 0.3) is 0 Å². The van der Waals surface area contributed by atoms with E-state index >= 15 is 0 Å². The zero-order chi connectivity index (χ0) is 11.5. The van der Waals surface area contributed by atoms with Gasteiger partial charge in [0, 0.05) is 0 Å². The van der Waals surface area contributed by atoms with Gasteiger partial charge < -0.3 is 5.73 Å². The first-order valence-electron chi connectivity index (χ1n) is 4.87. The molecule has 1 aromatic carbocycles. The Hall–Kier alpha value is -1.07. The minimum atomic E-state index is -3.71. The third-order valence-corrected chi connectivity index (χ3v) is 3.23. The highest BCUT2D eigenvalue weighted by Crippen LogP contribution is 2.22. The third kappa shape index (κ3) is 2.94. The second-order valence-corrected chi connectivity index (χ2v) is 5.01. The Kier molecular flexibility index (Phi) is 3.71. The zero-order valence-electron chi connectivity index (χ0n) is 8.73. The standard InChI is InChI=1S/C10H16N2O2S/c1-2-3-5-8-6-4-7-9(10(8)11)15(12,13)14/h4,6-7H,2-3,5,11H2,1H3,(H2,12,13,14). The van der Waals surface area contributed by atoms with Crippen LogP contribution in [-0.2, 0) is 16.4 Å². The van der Waals surface area contributed by atoms with Crippen LogP contribution in [0.2, 0.25) is 0 Å². The molecular formula is C10H16N2O2S. The molecule has 0 spiro atoms. The summed E-state index contributed by atoms with van der Waals surface area (Å²) in [6.07, 6.45) is 2.81. The highest BCUT2D eigenvalue weighted by molar-refractivity contribution is 7.89. The molecule has 0 heterocycles. The molecule has 0 aromatic heterocycles. The van der Waals surface area contributed by atoms with Gasteiger partial charge in [-0.05, 0) is 24.5 Å². The lowest BCUT2D eigenvalue weighted by Crippen LogP contribution is -2.15. The molecule has 15 heavy (non-hydrogen) atoms. The Bertz CT molecular complexity index is 441. The molecule has 0 amide bonds. The van der Waals surface area contributed by atoms with E-state index in [0.29, 0.717) is 0 Å². The summed E-state index contributed by atoms with van der Waals surface area (Å²) >= 11 is 0. The zero-order valence-corrected chi connectivity index (χ0v) is 9.55. The minimum absolute atomic E-state index is 0.0242. The summed E-state index contributed by atoms with van der Waals surface area (Å²) in [5.74, 6) is 0. The Morgan fingerprint density at radius 3 is 2.53 bits per heavy atom. The van der Waals surface area contributed by atoms with Crippen molar-refractivity contribution in [2.24, 2.45) is 5.14 Å². The van der Waals surface area contributed by atoms with Crippen molar-refractivity contribution < 1.29 is 8.42 Å². The number of benzene rings is 1. The van der Waals surface area contributed by atoms with Gasteiger partial charge in [0.05, 0.1) is 5.69 Å². The van der Waals surface area contributed by atoms with E-state index < -0.39 is 10.0 Å². The van der Waals surface area contributed by atoms with Gasteiger partial charge in [-0.3, -0.25) is 0 Å². The fraction of sp³-hybridized carbons (Fsp3) is 0.400. The molecule has 0 aliphatic heterocycles. The van der Waals surface area contributed by atoms with Gasteiger partial charge in [-0.25, -0.2) is 13.6 Å². The normalized spacial score (nSPS) is 11.6. The lowest BCUT2D eigenvalue weighted by molar-refractivity contribution is 0.598. The number of anilines is 1. The second kappa shape index (κ2) is 4.63. The van der Waals surface area contributed by atoms with Crippen molar-refractivity contribution in [3.8, 4) is 0 Å². The van der Waals surface area contributed by atoms with E-state index in [1.54, 1.807) is 6.07 Å². The number of rotatable bonds is 4. The van der Waals surface area contributed by atoms with Gasteiger partial charge in [-0.15, -0.1) is 0 Å². The Labute approximate surface area is 90.3 Å². The Morgan fingerprint density at radius 2 is 2.00 bits per heavy atom. The van der Waals surface area contributed by atoms with Crippen molar-refractivity contribution in [2.45, 2.75) is 31.1 Å². The van der Waals surface area contributed by atoms with Crippen molar-refractivity contribution in [3.63, 3.8) is 0 Å². The summed E-state index contributed by atoms with van der Waals surface area (Å²) in [4.78, 5) is 0.0242. The number of nitrogen functional groups attached to an aromatic ring is 1. The number of hydrogen-bond donors (Lipinski definition) is 2. The Balaban J connectivity index is 3.12. The van der Waals surface area contributed by atoms with Crippen LogP contribution in [0.1, 0.15) is 25.3 Å². The number of primary sulfonamides is 1. The van der Waals surface area contributed by atoms with Crippen LogP contribution in [-0.4, -0.2) is 8.42 Å². The predicted octanol–water partition coefficient (Wildman–Crippen LogP) is 1.26. The van der Waals surface area contributed by atoms with Crippen LogP contribution >= 0.6 is 0 Å². The van der Waals surface area contributed by atoms with Crippen molar-refractivity contribution >= 4 is 15.7 Å². The maximum atomic E-state index is 11.2. The van der Waals surface area contributed by atoms with Crippen LogP contribution in [0.4, 0.5) is 5.69 Å². The number of nitrogens with two attached hydrogens (primary N) is 2. The predicted molar refractivity (Wildman–Crippen MR) is 60.8 cm³/mol. The van der Waals surface area contributed by atoms with Crippen molar-refractivity contribution in [1.29, 1.82) is 0 Å². The summed E-state index contributed by atoms with van der Waals surface area (Å²) in [6.45, 7) is 2.07. The first kappa shape index (κ1) is 12.0. The van der Waals surface area contributed by atoms with E-state index in [-0.39, 0.29) is 10.6 Å². The molecule has 1 rings (SSSR count). The van der Waals surface area contributed by atoms with Crippen LogP contribution < -0.4 is 10.9 Å². The lowest BCUT2D eigenvalue weighted by Gasteiger charge is -2.08. The summed E-state index contributed by atoms with van der Waals surface area (Å²) in [5, 5.41) is 5.05. The van der Waals surface area contributed by atoms with E-state index in [1.165, 1.54) is 6.07 Å². The molecule has 0 atom stereocenters. The van der Waals surface area contributed by atoms with Gasteiger partial charge in [0.15, 0.2) is 0 Å². The molecule has 0 aliphatic carbocycles. The van der Waals surface area contributed by atoms with Gasteiger partial charge in [-0.1, -0.05) is 25.5 Å². The maximum absolute atomic E-state index is 11.2.